The fourth-order valence-electron chi connectivity index (χ4n) is 2.48. The monoisotopic (exact) mass is 328 g/mol. The first-order valence-electron chi connectivity index (χ1n) is 6.67. The first-order chi connectivity index (χ1) is 9.24. The van der Waals surface area contributed by atoms with Crippen LogP contribution >= 0.6 is 15.9 Å². The molecule has 1 atom stereocenters. The average Bonchev–Trinajstić information content (AvgIpc) is 2.48. The van der Waals surface area contributed by atoms with Gasteiger partial charge in [-0.05, 0) is 42.9 Å². The van der Waals surface area contributed by atoms with E-state index in [-0.39, 0.29) is 0 Å². The lowest BCUT2D eigenvalue weighted by atomic mass is 9.92. The fraction of sp³-hybridized carbons (Fsp3) is 0.600. The highest BCUT2D eigenvalue weighted by molar-refractivity contribution is 9.09. The molecule has 19 heavy (non-hydrogen) atoms. The predicted molar refractivity (Wildman–Crippen MR) is 79.5 cm³/mol. The Kier molecular flexibility index (Phi) is 5.52. The second-order valence-electron chi connectivity index (χ2n) is 4.86. The van der Waals surface area contributed by atoms with E-state index in [1.165, 1.54) is 5.56 Å². The molecule has 0 saturated carbocycles. The molecule has 0 N–H and O–H groups in total. The quantitative estimate of drug-likeness (QED) is 0.775. The second-order valence-corrected chi connectivity index (χ2v) is 6.04. The fourth-order valence-corrected chi connectivity index (χ4v) is 3.38. The Morgan fingerprint density at radius 1 is 1.21 bits per heavy atom. The summed E-state index contributed by atoms with van der Waals surface area (Å²) in [4.78, 5) is 0.495. The molecule has 1 aliphatic rings. The van der Waals surface area contributed by atoms with Gasteiger partial charge in [-0.3, -0.25) is 0 Å². The Labute approximate surface area is 123 Å². The summed E-state index contributed by atoms with van der Waals surface area (Å²) in [5.74, 6) is 2.27. The van der Waals surface area contributed by atoms with Crippen LogP contribution in [0.2, 0.25) is 0 Å². The molecule has 1 heterocycles. The Morgan fingerprint density at radius 3 is 2.53 bits per heavy atom. The van der Waals surface area contributed by atoms with Gasteiger partial charge in [-0.1, -0.05) is 22.0 Å². The summed E-state index contributed by atoms with van der Waals surface area (Å²) in [7, 11) is 3.33. The lowest BCUT2D eigenvalue weighted by Gasteiger charge is -2.26. The van der Waals surface area contributed by atoms with Gasteiger partial charge in [0.05, 0.1) is 14.2 Å². The van der Waals surface area contributed by atoms with Crippen molar-refractivity contribution < 1.29 is 14.2 Å². The standard InChI is InChI=1S/C15H21BrO3/c1-17-14-4-3-11(10-15(14)18-2)9-13(16)12-5-7-19-8-6-12/h3-4,10,12-13H,5-9H2,1-2H3. The molecule has 2 rings (SSSR count). The summed E-state index contributed by atoms with van der Waals surface area (Å²) in [6.07, 6.45) is 3.29. The van der Waals surface area contributed by atoms with E-state index in [9.17, 15) is 0 Å². The van der Waals surface area contributed by atoms with E-state index >= 15 is 0 Å². The minimum Gasteiger partial charge on any atom is -0.493 e. The molecule has 1 aromatic carbocycles. The van der Waals surface area contributed by atoms with Crippen molar-refractivity contribution in [2.75, 3.05) is 27.4 Å². The van der Waals surface area contributed by atoms with Crippen molar-refractivity contribution in [1.29, 1.82) is 0 Å². The number of methoxy groups -OCH3 is 2. The molecular weight excluding hydrogens is 308 g/mol. The smallest absolute Gasteiger partial charge is 0.160 e. The highest BCUT2D eigenvalue weighted by atomic mass is 79.9. The van der Waals surface area contributed by atoms with E-state index in [1.807, 2.05) is 6.07 Å². The van der Waals surface area contributed by atoms with Crippen molar-refractivity contribution in [1.82, 2.24) is 0 Å². The maximum atomic E-state index is 5.41. The van der Waals surface area contributed by atoms with Gasteiger partial charge in [-0.2, -0.15) is 0 Å². The number of ether oxygens (including phenoxy) is 3. The van der Waals surface area contributed by atoms with Crippen LogP contribution in [0.3, 0.4) is 0 Å². The Balaban J connectivity index is 2.01. The summed E-state index contributed by atoms with van der Waals surface area (Å²) >= 11 is 3.83. The van der Waals surface area contributed by atoms with E-state index < -0.39 is 0 Å². The molecule has 1 unspecified atom stereocenters. The van der Waals surface area contributed by atoms with Gasteiger partial charge in [-0.25, -0.2) is 0 Å². The minimum absolute atomic E-state index is 0.495. The third kappa shape index (κ3) is 3.86. The molecule has 1 aliphatic heterocycles. The first kappa shape index (κ1) is 14.7. The van der Waals surface area contributed by atoms with Crippen LogP contribution in [-0.4, -0.2) is 32.3 Å². The molecule has 1 aromatic rings. The molecule has 0 aromatic heterocycles. The van der Waals surface area contributed by atoms with Crippen LogP contribution in [0, 0.1) is 5.92 Å². The molecule has 3 nitrogen and oxygen atoms in total. The maximum absolute atomic E-state index is 5.41. The summed E-state index contributed by atoms with van der Waals surface area (Å²) in [5, 5.41) is 0. The number of alkyl halides is 1. The molecule has 0 aliphatic carbocycles. The third-order valence-corrected chi connectivity index (χ3v) is 4.73. The van der Waals surface area contributed by atoms with Gasteiger partial charge < -0.3 is 14.2 Å². The van der Waals surface area contributed by atoms with Crippen LogP contribution in [0.5, 0.6) is 11.5 Å². The first-order valence-corrected chi connectivity index (χ1v) is 7.59. The van der Waals surface area contributed by atoms with Gasteiger partial charge in [-0.15, -0.1) is 0 Å². The number of hydrogen-bond donors (Lipinski definition) is 0. The van der Waals surface area contributed by atoms with Crippen LogP contribution < -0.4 is 9.47 Å². The summed E-state index contributed by atoms with van der Waals surface area (Å²) in [5.41, 5.74) is 1.27. The zero-order chi connectivity index (χ0) is 13.7. The Bertz CT molecular complexity index is 402. The average molecular weight is 329 g/mol. The van der Waals surface area contributed by atoms with Gasteiger partial charge in [0, 0.05) is 18.0 Å². The highest BCUT2D eigenvalue weighted by Gasteiger charge is 2.22. The van der Waals surface area contributed by atoms with E-state index in [2.05, 4.69) is 28.1 Å². The normalized spacial score (nSPS) is 18.1. The third-order valence-electron chi connectivity index (χ3n) is 3.66. The number of hydrogen-bond acceptors (Lipinski definition) is 3. The Morgan fingerprint density at radius 2 is 1.89 bits per heavy atom. The largest absolute Gasteiger partial charge is 0.493 e. The van der Waals surface area contributed by atoms with Gasteiger partial charge in [0.2, 0.25) is 0 Å². The summed E-state index contributed by atoms with van der Waals surface area (Å²) in [6.45, 7) is 1.78. The van der Waals surface area contributed by atoms with Crippen LogP contribution in [-0.2, 0) is 11.2 Å². The number of rotatable bonds is 5. The molecule has 0 bridgehead atoms. The van der Waals surface area contributed by atoms with E-state index in [4.69, 9.17) is 14.2 Å². The number of halogens is 1. The van der Waals surface area contributed by atoms with Crippen molar-refractivity contribution in [2.45, 2.75) is 24.1 Å². The van der Waals surface area contributed by atoms with Crippen molar-refractivity contribution in [3.05, 3.63) is 23.8 Å². The molecule has 0 amide bonds. The van der Waals surface area contributed by atoms with Crippen molar-refractivity contribution in [3.8, 4) is 11.5 Å². The van der Waals surface area contributed by atoms with Crippen LogP contribution in [0.15, 0.2) is 18.2 Å². The van der Waals surface area contributed by atoms with Gasteiger partial charge in [0.15, 0.2) is 11.5 Å². The number of benzene rings is 1. The molecule has 1 saturated heterocycles. The van der Waals surface area contributed by atoms with E-state index in [1.54, 1.807) is 14.2 Å². The summed E-state index contributed by atoms with van der Waals surface area (Å²) in [6, 6.07) is 6.14. The second kappa shape index (κ2) is 7.15. The van der Waals surface area contributed by atoms with E-state index in [0.29, 0.717) is 10.7 Å². The van der Waals surface area contributed by atoms with Gasteiger partial charge >= 0.3 is 0 Å². The van der Waals surface area contributed by atoms with Crippen molar-refractivity contribution >= 4 is 15.9 Å². The van der Waals surface area contributed by atoms with Crippen LogP contribution in [0.25, 0.3) is 0 Å². The van der Waals surface area contributed by atoms with Crippen LogP contribution in [0.1, 0.15) is 18.4 Å². The zero-order valence-electron chi connectivity index (χ0n) is 11.5. The molecule has 0 radical (unpaired) electrons. The van der Waals surface area contributed by atoms with Crippen molar-refractivity contribution in [2.24, 2.45) is 5.92 Å². The zero-order valence-corrected chi connectivity index (χ0v) is 13.1. The molecule has 1 fully saturated rings. The van der Waals surface area contributed by atoms with Crippen LogP contribution in [0.4, 0.5) is 0 Å². The topological polar surface area (TPSA) is 27.7 Å². The SMILES string of the molecule is COc1ccc(CC(Br)C2CCOCC2)cc1OC. The molecule has 106 valence electrons. The minimum atomic E-state index is 0.495. The van der Waals surface area contributed by atoms with Crippen molar-refractivity contribution in [3.63, 3.8) is 0 Å². The Hall–Kier alpha value is -0.740. The maximum Gasteiger partial charge on any atom is 0.160 e. The highest BCUT2D eigenvalue weighted by Crippen LogP contribution is 2.31. The lowest BCUT2D eigenvalue weighted by molar-refractivity contribution is 0.0662. The van der Waals surface area contributed by atoms with Gasteiger partial charge in [0.25, 0.3) is 0 Å². The van der Waals surface area contributed by atoms with E-state index in [0.717, 1.165) is 44.0 Å². The predicted octanol–water partition coefficient (Wildman–Crippen LogP) is 3.44. The van der Waals surface area contributed by atoms with Gasteiger partial charge in [0.1, 0.15) is 0 Å². The molecule has 0 spiro atoms. The lowest BCUT2D eigenvalue weighted by Crippen LogP contribution is -2.24. The molecular formula is C15H21BrO3. The molecule has 4 heteroatoms. The summed E-state index contributed by atoms with van der Waals surface area (Å²) < 4.78 is 16.0.